The third-order valence-electron chi connectivity index (χ3n) is 10.6. The number of phenolic OH excluding ortho intramolecular Hbond substituents is 1. The zero-order valence-corrected chi connectivity index (χ0v) is 33.1. The lowest BCUT2D eigenvalue weighted by atomic mass is 9.89. The molecule has 0 unspecified atom stereocenters. The highest BCUT2D eigenvalue weighted by molar-refractivity contribution is 6.11. The van der Waals surface area contributed by atoms with E-state index in [9.17, 15) is 44.4 Å². The van der Waals surface area contributed by atoms with Crippen molar-refractivity contribution in [1.82, 2.24) is 9.89 Å². The van der Waals surface area contributed by atoms with Crippen LogP contribution in [0.4, 0.5) is 5.69 Å². The molecule has 8 rings (SSSR count). The van der Waals surface area contributed by atoms with Crippen LogP contribution in [0.15, 0.2) is 117 Å². The quantitative estimate of drug-likeness (QED) is 0.0743. The van der Waals surface area contributed by atoms with Gasteiger partial charge in [0, 0.05) is 76.6 Å². The Hall–Kier alpha value is -8.26. The first-order chi connectivity index (χ1) is 29.1. The van der Waals surface area contributed by atoms with Crippen molar-refractivity contribution in [1.29, 1.82) is 0 Å². The highest BCUT2D eigenvalue weighted by Crippen LogP contribution is 2.45. The van der Waals surface area contributed by atoms with Crippen LogP contribution in [-0.2, 0) is 6.54 Å². The monoisotopic (exact) mass is 818 g/mol. The van der Waals surface area contributed by atoms with E-state index in [1.807, 2.05) is 74.1 Å². The highest BCUT2D eigenvalue weighted by atomic mass is 16.4. The summed E-state index contributed by atoms with van der Waals surface area (Å²) in [5.41, 5.74) is 2.68. The molecule has 4 aromatic rings. The van der Waals surface area contributed by atoms with Gasteiger partial charge in [0.15, 0.2) is 5.43 Å². The number of nitrogens with zero attached hydrogens (tertiary/aromatic N) is 2. The number of hydrogen-bond acceptors (Lipinski definition) is 9. The largest absolute Gasteiger partial charge is 0.507 e. The van der Waals surface area contributed by atoms with Gasteiger partial charge in [-0.05, 0) is 83.9 Å². The average molecular weight is 819 g/mol. The number of benzene rings is 6. The van der Waals surface area contributed by atoms with Gasteiger partial charge < -0.3 is 39.5 Å². The van der Waals surface area contributed by atoms with Crippen molar-refractivity contribution >= 4 is 51.4 Å². The standard InChI is InChI=1S/C47H35N3O11/c1-49(2)25-7-12-30-38(19-25)60-39-20-26(50(3)4)8-13-31(39)42(30)34-17-23(5-11-29(34)46(56)57)44(53)48-22-36-37(52)16-15-33-41(32-14-9-27(51)21-40(32)61-43(33)36)28-10-6-24(45(54)55)18-35(28)47(58)59/h5-21H,22H2,1-4H3,(H4-,48,51,52,53,54,55,56,57,58,59)/p+1. The van der Waals surface area contributed by atoms with Crippen LogP contribution < -0.4 is 25.6 Å². The Morgan fingerprint density at radius 3 is 1.98 bits per heavy atom. The number of carboxylic acid groups (broad SMARTS) is 3. The minimum Gasteiger partial charge on any atom is -0.507 e. The summed E-state index contributed by atoms with van der Waals surface area (Å²) in [4.78, 5) is 65.6. The fraction of sp³-hybridized carbons (Fsp3) is 0.106. The number of carboxylic acids is 3. The van der Waals surface area contributed by atoms with E-state index >= 15 is 0 Å². The van der Waals surface area contributed by atoms with Crippen molar-refractivity contribution in [2.24, 2.45) is 0 Å². The molecule has 5 N–H and O–H groups in total. The molecule has 2 aliphatic heterocycles. The molecule has 2 heterocycles. The Labute approximate surface area is 345 Å². The Morgan fingerprint density at radius 1 is 0.639 bits per heavy atom. The second-order valence-electron chi connectivity index (χ2n) is 14.8. The van der Waals surface area contributed by atoms with Crippen molar-refractivity contribution in [3.05, 3.63) is 147 Å². The number of aromatic hydroxyl groups is 1. The molecule has 0 saturated carbocycles. The fourth-order valence-corrected chi connectivity index (χ4v) is 7.58. The maximum atomic E-state index is 14.1. The summed E-state index contributed by atoms with van der Waals surface area (Å²) in [6, 6.07) is 25.9. The number of rotatable bonds is 9. The Balaban J connectivity index is 1.26. The van der Waals surface area contributed by atoms with Crippen molar-refractivity contribution < 1.29 is 48.4 Å². The summed E-state index contributed by atoms with van der Waals surface area (Å²) in [6.45, 7) is -0.329. The van der Waals surface area contributed by atoms with Crippen LogP contribution in [-0.4, -0.2) is 72.4 Å². The predicted octanol–water partition coefficient (Wildman–Crippen LogP) is 6.91. The molecule has 61 heavy (non-hydrogen) atoms. The number of carbonyl (C=O) groups excluding carboxylic acids is 1. The van der Waals surface area contributed by atoms with Crippen molar-refractivity contribution in [2.45, 2.75) is 6.54 Å². The van der Waals surface area contributed by atoms with Crippen LogP contribution in [0.5, 0.6) is 5.75 Å². The highest BCUT2D eigenvalue weighted by Gasteiger charge is 2.27. The van der Waals surface area contributed by atoms with Gasteiger partial charge in [-0.25, -0.2) is 19.0 Å². The molecule has 0 radical (unpaired) electrons. The van der Waals surface area contributed by atoms with Gasteiger partial charge in [0.05, 0.1) is 34.9 Å². The number of carbonyl (C=O) groups is 4. The molecule has 0 fully saturated rings. The molecule has 304 valence electrons. The van der Waals surface area contributed by atoms with Crippen LogP contribution in [0.25, 0.3) is 66.8 Å². The Bertz CT molecular complexity index is 3250. The number of fused-ring (bicyclic) bond motifs is 4. The van der Waals surface area contributed by atoms with Gasteiger partial charge in [-0.3, -0.25) is 9.59 Å². The van der Waals surface area contributed by atoms with Gasteiger partial charge in [0.25, 0.3) is 5.91 Å². The maximum absolute atomic E-state index is 14.1. The fourth-order valence-electron chi connectivity index (χ4n) is 7.58. The predicted molar refractivity (Wildman–Crippen MR) is 228 cm³/mol. The van der Waals surface area contributed by atoms with E-state index in [1.165, 1.54) is 60.7 Å². The van der Waals surface area contributed by atoms with E-state index < -0.39 is 29.2 Å². The smallest absolute Gasteiger partial charge is 0.336 e. The van der Waals surface area contributed by atoms with Crippen LogP contribution in [0.3, 0.4) is 0 Å². The molecule has 0 aromatic heterocycles. The lowest BCUT2D eigenvalue weighted by Crippen LogP contribution is -2.23. The molecular formula is C47H36N3O11+. The second kappa shape index (κ2) is 15.2. The first-order valence-corrected chi connectivity index (χ1v) is 18.8. The normalized spacial score (nSPS) is 11.3. The Kier molecular flexibility index (Phi) is 9.83. The van der Waals surface area contributed by atoms with Crippen LogP contribution in [0, 0.1) is 0 Å². The molecule has 0 spiro atoms. The molecule has 4 aromatic carbocycles. The SMILES string of the molecule is CN(C)c1ccc2c(-c3cc(C(=O)NCc4c(O)ccc5c(-c6ccc(C(=O)O)cc6C(=O)O)c6ccc(=O)cc-6oc45)ccc3C(=O)O)c3ccc(=[N+](C)C)cc-3oc2c1. The van der Waals surface area contributed by atoms with E-state index in [-0.39, 0.29) is 68.1 Å². The van der Waals surface area contributed by atoms with E-state index in [0.29, 0.717) is 38.8 Å². The van der Waals surface area contributed by atoms with E-state index in [4.69, 9.17) is 8.83 Å². The van der Waals surface area contributed by atoms with Crippen LogP contribution in [0.1, 0.15) is 47.0 Å². The second-order valence-corrected chi connectivity index (χ2v) is 14.8. The zero-order chi connectivity index (χ0) is 43.4. The molecule has 0 atom stereocenters. The summed E-state index contributed by atoms with van der Waals surface area (Å²) in [5, 5.41) is 46.0. The molecular weight excluding hydrogens is 783 g/mol. The minimum absolute atomic E-state index is 0.0223. The summed E-state index contributed by atoms with van der Waals surface area (Å²) in [5.74, 6) is -4.32. The van der Waals surface area contributed by atoms with Gasteiger partial charge in [0.1, 0.15) is 42.5 Å². The van der Waals surface area contributed by atoms with E-state index in [1.54, 1.807) is 0 Å². The van der Waals surface area contributed by atoms with Crippen molar-refractivity contribution in [3.8, 4) is 50.7 Å². The first-order valence-electron chi connectivity index (χ1n) is 18.8. The molecule has 1 amide bonds. The number of nitrogens with one attached hydrogen (secondary N) is 1. The minimum atomic E-state index is -1.40. The number of anilines is 1. The van der Waals surface area contributed by atoms with Crippen molar-refractivity contribution in [2.75, 3.05) is 33.1 Å². The van der Waals surface area contributed by atoms with Crippen LogP contribution >= 0.6 is 0 Å². The summed E-state index contributed by atoms with van der Waals surface area (Å²) < 4.78 is 14.6. The zero-order valence-electron chi connectivity index (χ0n) is 33.1. The number of hydrogen-bond donors (Lipinski definition) is 5. The molecule has 4 aliphatic rings. The van der Waals surface area contributed by atoms with E-state index in [0.717, 1.165) is 17.1 Å². The summed E-state index contributed by atoms with van der Waals surface area (Å²) >= 11 is 0. The molecule has 0 saturated heterocycles. The van der Waals surface area contributed by atoms with E-state index in [2.05, 4.69) is 5.32 Å². The lowest BCUT2D eigenvalue weighted by Gasteiger charge is -2.20. The third kappa shape index (κ3) is 7.05. The number of phenols is 1. The summed E-state index contributed by atoms with van der Waals surface area (Å²) in [7, 11) is 7.57. The first kappa shape index (κ1) is 39.6. The van der Waals surface area contributed by atoms with Crippen molar-refractivity contribution in [3.63, 3.8) is 0 Å². The topological polar surface area (TPSA) is 211 Å². The van der Waals surface area contributed by atoms with Crippen LogP contribution in [0.2, 0.25) is 0 Å². The van der Waals surface area contributed by atoms with Gasteiger partial charge in [-0.1, -0.05) is 6.07 Å². The number of amides is 1. The van der Waals surface area contributed by atoms with Gasteiger partial charge in [-0.2, -0.15) is 0 Å². The van der Waals surface area contributed by atoms with Gasteiger partial charge >= 0.3 is 17.9 Å². The molecule has 2 aliphatic carbocycles. The third-order valence-corrected chi connectivity index (χ3v) is 10.6. The molecule has 0 bridgehead atoms. The molecule has 14 nitrogen and oxygen atoms in total. The summed E-state index contributed by atoms with van der Waals surface area (Å²) in [6.07, 6.45) is 0. The average Bonchev–Trinajstić information content (AvgIpc) is 3.23. The maximum Gasteiger partial charge on any atom is 0.336 e. The van der Waals surface area contributed by atoms with Gasteiger partial charge in [0.2, 0.25) is 5.36 Å². The number of aromatic carboxylic acids is 3. The lowest BCUT2D eigenvalue weighted by molar-refractivity contribution is 0.0682. The Morgan fingerprint density at radius 2 is 1.30 bits per heavy atom. The van der Waals surface area contributed by atoms with Gasteiger partial charge in [-0.15, -0.1) is 0 Å². The molecule has 14 heteroatoms.